The number of nitrogens with two attached hydrogens (primary N) is 1. The van der Waals surface area contributed by atoms with Crippen LogP contribution in [0.2, 0.25) is 0 Å². The highest BCUT2D eigenvalue weighted by molar-refractivity contribution is 5.92. The molecule has 0 spiro atoms. The third-order valence-electron chi connectivity index (χ3n) is 2.15. The van der Waals surface area contributed by atoms with Gasteiger partial charge in [0.15, 0.2) is 5.82 Å². The number of hydrogen-bond acceptors (Lipinski definition) is 5. The molecule has 0 atom stereocenters. The molecule has 0 aliphatic rings. The third-order valence-corrected chi connectivity index (χ3v) is 2.15. The van der Waals surface area contributed by atoms with Gasteiger partial charge < -0.3 is 15.3 Å². The summed E-state index contributed by atoms with van der Waals surface area (Å²) in [6.07, 6.45) is 2.70. The molecule has 2 heterocycles. The molecule has 0 unspecified atom stereocenters. The van der Waals surface area contributed by atoms with E-state index in [4.69, 9.17) is 15.3 Å². The number of nitrogens with zero attached hydrogens (tertiary/aromatic N) is 2. The monoisotopic (exact) mass is 219 g/mol. The fourth-order valence-corrected chi connectivity index (χ4v) is 1.31. The van der Waals surface area contributed by atoms with Crippen molar-refractivity contribution in [1.82, 2.24) is 9.97 Å². The second kappa shape index (κ2) is 3.65. The van der Waals surface area contributed by atoms with Gasteiger partial charge in [0.25, 0.3) is 0 Å². The Bertz CT molecular complexity index is 548. The van der Waals surface area contributed by atoms with Crippen LogP contribution in [-0.2, 0) is 0 Å². The molecule has 2 rings (SSSR count). The van der Waals surface area contributed by atoms with Gasteiger partial charge >= 0.3 is 5.97 Å². The van der Waals surface area contributed by atoms with Crippen molar-refractivity contribution in [2.45, 2.75) is 6.92 Å². The molecule has 0 aliphatic carbocycles. The summed E-state index contributed by atoms with van der Waals surface area (Å²) in [7, 11) is 0. The first kappa shape index (κ1) is 10.2. The molecule has 0 aromatic carbocycles. The number of carbonyl (C=O) groups is 1. The second-order valence-corrected chi connectivity index (χ2v) is 3.19. The first-order valence-electron chi connectivity index (χ1n) is 4.50. The van der Waals surface area contributed by atoms with Crippen molar-refractivity contribution >= 4 is 11.8 Å². The van der Waals surface area contributed by atoms with E-state index in [1.807, 2.05) is 0 Å². The highest BCUT2D eigenvalue weighted by Crippen LogP contribution is 2.21. The molecule has 0 radical (unpaired) electrons. The molecular weight excluding hydrogens is 210 g/mol. The fourth-order valence-electron chi connectivity index (χ4n) is 1.31. The maximum atomic E-state index is 10.7. The van der Waals surface area contributed by atoms with Crippen molar-refractivity contribution in [1.29, 1.82) is 0 Å². The normalized spacial score (nSPS) is 10.3. The zero-order valence-electron chi connectivity index (χ0n) is 8.47. The second-order valence-electron chi connectivity index (χ2n) is 3.19. The zero-order chi connectivity index (χ0) is 11.7. The molecule has 0 amide bonds. The number of anilines is 1. The summed E-state index contributed by atoms with van der Waals surface area (Å²) in [5.74, 6) is -0.192. The smallest absolute Gasteiger partial charge is 0.341 e. The number of aromatic carboxylic acids is 1. The predicted molar refractivity (Wildman–Crippen MR) is 55.8 cm³/mol. The van der Waals surface area contributed by atoms with Gasteiger partial charge in [0, 0.05) is 6.20 Å². The Hall–Kier alpha value is -2.37. The van der Waals surface area contributed by atoms with Crippen molar-refractivity contribution < 1.29 is 14.3 Å². The lowest BCUT2D eigenvalue weighted by atomic mass is 10.2. The van der Waals surface area contributed by atoms with E-state index in [1.165, 1.54) is 12.5 Å². The van der Waals surface area contributed by atoms with Gasteiger partial charge in [-0.15, -0.1) is 0 Å². The van der Waals surface area contributed by atoms with Gasteiger partial charge in [-0.2, -0.15) is 0 Å². The van der Waals surface area contributed by atoms with Gasteiger partial charge in [-0.1, -0.05) is 0 Å². The van der Waals surface area contributed by atoms with Gasteiger partial charge in [-0.3, -0.25) is 0 Å². The number of rotatable bonds is 2. The van der Waals surface area contributed by atoms with Crippen LogP contribution in [0.25, 0.3) is 11.4 Å². The highest BCUT2D eigenvalue weighted by Gasteiger charge is 2.13. The Morgan fingerprint density at radius 1 is 1.56 bits per heavy atom. The summed E-state index contributed by atoms with van der Waals surface area (Å²) in [5.41, 5.74) is 6.11. The molecule has 16 heavy (non-hydrogen) atoms. The summed E-state index contributed by atoms with van der Waals surface area (Å²) in [6, 6.07) is 1.70. The quantitative estimate of drug-likeness (QED) is 0.789. The third kappa shape index (κ3) is 1.60. The van der Waals surface area contributed by atoms with Crippen LogP contribution in [0.15, 0.2) is 22.9 Å². The average molecular weight is 219 g/mol. The van der Waals surface area contributed by atoms with E-state index < -0.39 is 5.97 Å². The Morgan fingerprint density at radius 3 is 2.81 bits per heavy atom. The van der Waals surface area contributed by atoms with Crippen LogP contribution < -0.4 is 5.73 Å². The van der Waals surface area contributed by atoms with Crippen LogP contribution in [0, 0.1) is 6.92 Å². The highest BCUT2D eigenvalue weighted by atomic mass is 16.4. The van der Waals surface area contributed by atoms with Crippen LogP contribution in [0.4, 0.5) is 5.82 Å². The van der Waals surface area contributed by atoms with Gasteiger partial charge in [0.2, 0.25) is 0 Å². The number of hydrogen-bond donors (Lipinski definition) is 2. The van der Waals surface area contributed by atoms with Crippen molar-refractivity contribution in [2.75, 3.05) is 5.73 Å². The Morgan fingerprint density at radius 2 is 2.31 bits per heavy atom. The number of furan rings is 1. The van der Waals surface area contributed by atoms with Crippen LogP contribution >= 0.6 is 0 Å². The maximum Gasteiger partial charge on any atom is 0.341 e. The lowest BCUT2D eigenvalue weighted by Gasteiger charge is -2.02. The van der Waals surface area contributed by atoms with Crippen molar-refractivity contribution in [3.8, 4) is 11.4 Å². The van der Waals surface area contributed by atoms with Crippen LogP contribution in [0.5, 0.6) is 0 Å². The van der Waals surface area contributed by atoms with Crippen LogP contribution in [-0.4, -0.2) is 21.0 Å². The SMILES string of the molecule is Cc1occc1-c1ncc(C(=O)O)c(N)n1. The average Bonchev–Trinajstić information content (AvgIpc) is 2.63. The molecule has 3 N–H and O–H groups in total. The predicted octanol–water partition coefficient (Wildman–Crippen LogP) is 1.33. The fraction of sp³-hybridized carbons (Fsp3) is 0.100. The Balaban J connectivity index is 2.50. The molecule has 0 aliphatic heterocycles. The van der Waals surface area contributed by atoms with E-state index >= 15 is 0 Å². The Labute approximate surface area is 90.7 Å². The number of aromatic nitrogens is 2. The summed E-state index contributed by atoms with van der Waals surface area (Å²) in [6.45, 7) is 1.76. The molecule has 0 fully saturated rings. The number of carboxylic acids is 1. The van der Waals surface area contributed by atoms with Gasteiger partial charge in [-0.05, 0) is 13.0 Å². The van der Waals surface area contributed by atoms with Crippen LogP contribution in [0.3, 0.4) is 0 Å². The zero-order valence-corrected chi connectivity index (χ0v) is 8.47. The topological polar surface area (TPSA) is 102 Å². The lowest BCUT2D eigenvalue weighted by Crippen LogP contribution is -2.06. The number of nitrogen functional groups attached to an aromatic ring is 1. The summed E-state index contributed by atoms with van der Waals surface area (Å²) in [4.78, 5) is 18.6. The molecule has 6 nitrogen and oxygen atoms in total. The molecule has 0 bridgehead atoms. The largest absolute Gasteiger partial charge is 0.477 e. The van der Waals surface area contributed by atoms with Crippen molar-refractivity contribution in [3.63, 3.8) is 0 Å². The minimum Gasteiger partial charge on any atom is -0.477 e. The number of carboxylic acid groups (broad SMARTS) is 1. The molecule has 6 heteroatoms. The molecule has 0 saturated carbocycles. The van der Waals surface area contributed by atoms with E-state index in [2.05, 4.69) is 9.97 Å². The van der Waals surface area contributed by atoms with E-state index in [0.29, 0.717) is 17.1 Å². The van der Waals surface area contributed by atoms with Crippen molar-refractivity contribution in [3.05, 3.63) is 29.9 Å². The summed E-state index contributed by atoms with van der Waals surface area (Å²) in [5, 5.41) is 8.76. The standard InChI is InChI=1S/C10H9N3O3/c1-5-6(2-3-16-5)9-12-4-7(10(14)15)8(11)13-9/h2-4H,1H3,(H,14,15)(H2,11,12,13). The molecular formula is C10H9N3O3. The first-order valence-corrected chi connectivity index (χ1v) is 4.50. The Kier molecular flexibility index (Phi) is 2.32. The molecule has 0 saturated heterocycles. The maximum absolute atomic E-state index is 10.7. The first-order chi connectivity index (χ1) is 7.59. The molecule has 82 valence electrons. The van der Waals surface area contributed by atoms with Gasteiger partial charge in [0.05, 0.1) is 11.8 Å². The minimum absolute atomic E-state index is 0.0573. The van der Waals surface area contributed by atoms with Gasteiger partial charge in [0.1, 0.15) is 17.1 Å². The minimum atomic E-state index is -1.15. The van der Waals surface area contributed by atoms with E-state index in [1.54, 1.807) is 13.0 Å². The molecule has 2 aromatic heterocycles. The number of aryl methyl sites for hydroxylation is 1. The van der Waals surface area contributed by atoms with Gasteiger partial charge in [-0.25, -0.2) is 14.8 Å². The summed E-state index contributed by atoms with van der Waals surface area (Å²) < 4.78 is 5.10. The summed E-state index contributed by atoms with van der Waals surface area (Å²) >= 11 is 0. The van der Waals surface area contributed by atoms with E-state index in [-0.39, 0.29) is 11.4 Å². The van der Waals surface area contributed by atoms with E-state index in [0.717, 1.165) is 0 Å². The lowest BCUT2D eigenvalue weighted by molar-refractivity contribution is 0.0697. The van der Waals surface area contributed by atoms with Crippen LogP contribution in [0.1, 0.15) is 16.1 Å². The molecule has 2 aromatic rings. The van der Waals surface area contributed by atoms with E-state index in [9.17, 15) is 4.79 Å². The van der Waals surface area contributed by atoms with Crippen molar-refractivity contribution in [2.24, 2.45) is 0 Å².